The van der Waals surface area contributed by atoms with Gasteiger partial charge in [0.1, 0.15) is 11.6 Å². The molecule has 29 heavy (non-hydrogen) atoms. The SMILES string of the molecule is CC1CCCN(c2ccc3c(n2)N(C(=O)Nc2cncc(F)c2)CCCCN3)C1. The highest BCUT2D eigenvalue weighted by molar-refractivity contribution is 6.03. The van der Waals surface area contributed by atoms with E-state index in [0.717, 1.165) is 56.6 Å². The molecule has 1 fully saturated rings. The van der Waals surface area contributed by atoms with E-state index < -0.39 is 5.82 Å². The Balaban J connectivity index is 1.62. The number of hydrogen-bond acceptors (Lipinski definition) is 5. The number of pyridine rings is 2. The summed E-state index contributed by atoms with van der Waals surface area (Å²) in [5, 5.41) is 6.14. The van der Waals surface area contributed by atoms with E-state index in [1.807, 2.05) is 12.1 Å². The van der Waals surface area contributed by atoms with Crippen molar-refractivity contribution in [3.05, 3.63) is 36.4 Å². The molecule has 0 saturated carbocycles. The van der Waals surface area contributed by atoms with Crippen molar-refractivity contribution in [2.75, 3.05) is 46.6 Å². The molecule has 1 unspecified atom stereocenters. The molecule has 0 radical (unpaired) electrons. The van der Waals surface area contributed by atoms with Gasteiger partial charge in [-0.3, -0.25) is 9.88 Å². The molecule has 1 atom stereocenters. The number of carbonyl (C=O) groups is 1. The fourth-order valence-corrected chi connectivity index (χ4v) is 3.95. The lowest BCUT2D eigenvalue weighted by Crippen LogP contribution is -2.39. The largest absolute Gasteiger partial charge is 0.382 e. The van der Waals surface area contributed by atoms with Gasteiger partial charge in [-0.05, 0) is 43.7 Å². The number of halogens is 1. The van der Waals surface area contributed by atoms with Crippen LogP contribution in [-0.4, -0.2) is 42.2 Å². The van der Waals surface area contributed by atoms with Gasteiger partial charge >= 0.3 is 6.03 Å². The number of carbonyl (C=O) groups excluding carboxylic acids is 1. The number of hydrogen-bond donors (Lipinski definition) is 2. The van der Waals surface area contributed by atoms with Crippen LogP contribution in [0.1, 0.15) is 32.6 Å². The highest BCUT2D eigenvalue weighted by atomic mass is 19.1. The van der Waals surface area contributed by atoms with E-state index in [4.69, 9.17) is 4.98 Å². The number of anilines is 4. The Morgan fingerprint density at radius 3 is 2.97 bits per heavy atom. The van der Waals surface area contributed by atoms with Crippen molar-refractivity contribution >= 4 is 29.0 Å². The predicted octanol–water partition coefficient (Wildman–Crippen LogP) is 4.10. The molecule has 0 spiro atoms. The Morgan fingerprint density at radius 1 is 1.24 bits per heavy atom. The molecule has 4 rings (SSSR count). The summed E-state index contributed by atoms with van der Waals surface area (Å²) >= 11 is 0. The number of aromatic nitrogens is 2. The van der Waals surface area contributed by atoms with Crippen LogP contribution in [0.4, 0.5) is 32.2 Å². The van der Waals surface area contributed by atoms with Gasteiger partial charge in [-0.15, -0.1) is 0 Å². The third-order valence-corrected chi connectivity index (χ3v) is 5.42. The minimum atomic E-state index is -0.489. The molecule has 0 bridgehead atoms. The van der Waals surface area contributed by atoms with Crippen LogP contribution >= 0.6 is 0 Å². The van der Waals surface area contributed by atoms with E-state index in [0.29, 0.717) is 24.0 Å². The fraction of sp³-hybridized carbons (Fsp3) is 0.476. The molecule has 1 saturated heterocycles. The normalized spacial score (nSPS) is 19.6. The number of fused-ring (bicyclic) bond motifs is 1. The van der Waals surface area contributed by atoms with Crippen molar-refractivity contribution in [2.24, 2.45) is 5.92 Å². The van der Waals surface area contributed by atoms with Crippen LogP contribution < -0.4 is 20.4 Å². The van der Waals surface area contributed by atoms with Crippen molar-refractivity contribution < 1.29 is 9.18 Å². The van der Waals surface area contributed by atoms with Gasteiger partial charge in [-0.2, -0.15) is 0 Å². The lowest BCUT2D eigenvalue weighted by atomic mass is 10.0. The molecule has 154 valence electrons. The first-order chi connectivity index (χ1) is 14.1. The summed E-state index contributed by atoms with van der Waals surface area (Å²) in [6, 6.07) is 4.95. The zero-order chi connectivity index (χ0) is 20.2. The van der Waals surface area contributed by atoms with E-state index in [1.165, 1.54) is 18.7 Å². The Labute approximate surface area is 170 Å². The summed E-state index contributed by atoms with van der Waals surface area (Å²) in [6.45, 7) is 5.60. The molecule has 7 nitrogen and oxygen atoms in total. The number of rotatable bonds is 2. The molecule has 0 aromatic carbocycles. The Kier molecular flexibility index (Phi) is 5.78. The van der Waals surface area contributed by atoms with Gasteiger partial charge < -0.3 is 15.5 Å². The Hall–Kier alpha value is -2.90. The lowest BCUT2D eigenvalue weighted by molar-refractivity contribution is 0.256. The first-order valence-electron chi connectivity index (χ1n) is 10.3. The molecular formula is C21H27FN6O. The second-order valence-corrected chi connectivity index (χ2v) is 7.84. The van der Waals surface area contributed by atoms with Gasteiger partial charge in [-0.25, -0.2) is 14.2 Å². The van der Waals surface area contributed by atoms with E-state index in [1.54, 1.807) is 4.90 Å². The van der Waals surface area contributed by atoms with E-state index in [-0.39, 0.29) is 6.03 Å². The lowest BCUT2D eigenvalue weighted by Gasteiger charge is -2.33. The van der Waals surface area contributed by atoms with E-state index in [2.05, 4.69) is 27.4 Å². The third kappa shape index (κ3) is 4.58. The van der Waals surface area contributed by atoms with Crippen molar-refractivity contribution in [1.82, 2.24) is 9.97 Å². The monoisotopic (exact) mass is 398 g/mol. The van der Waals surface area contributed by atoms with Crippen LogP contribution in [0.25, 0.3) is 0 Å². The first kappa shape index (κ1) is 19.4. The van der Waals surface area contributed by atoms with Gasteiger partial charge in [0.15, 0.2) is 5.82 Å². The van der Waals surface area contributed by atoms with Gasteiger partial charge in [0, 0.05) is 32.2 Å². The summed E-state index contributed by atoms with van der Waals surface area (Å²) in [7, 11) is 0. The molecule has 0 aliphatic carbocycles. The molecule has 2 amide bonds. The van der Waals surface area contributed by atoms with Crippen LogP contribution in [0.2, 0.25) is 0 Å². The van der Waals surface area contributed by atoms with Crippen molar-refractivity contribution in [1.29, 1.82) is 0 Å². The predicted molar refractivity (Wildman–Crippen MR) is 113 cm³/mol. The number of nitrogens with zero attached hydrogens (tertiary/aromatic N) is 4. The summed E-state index contributed by atoms with van der Waals surface area (Å²) in [6.07, 6.45) is 6.74. The van der Waals surface area contributed by atoms with Crippen LogP contribution in [-0.2, 0) is 0 Å². The molecule has 2 aromatic heterocycles. The zero-order valence-corrected chi connectivity index (χ0v) is 16.7. The highest BCUT2D eigenvalue weighted by Gasteiger charge is 2.25. The van der Waals surface area contributed by atoms with Crippen LogP contribution in [0, 0.1) is 11.7 Å². The number of amides is 2. The smallest absolute Gasteiger partial charge is 0.327 e. The second kappa shape index (κ2) is 8.63. The maximum Gasteiger partial charge on any atom is 0.327 e. The minimum absolute atomic E-state index is 0.326. The summed E-state index contributed by atoms with van der Waals surface area (Å²) < 4.78 is 13.5. The molecule has 2 N–H and O–H groups in total. The molecular weight excluding hydrogens is 371 g/mol. The second-order valence-electron chi connectivity index (χ2n) is 7.84. The van der Waals surface area contributed by atoms with Crippen molar-refractivity contribution in [2.45, 2.75) is 32.6 Å². The average molecular weight is 398 g/mol. The Bertz CT molecular complexity index is 876. The standard InChI is InChI=1S/C21H27FN6O/c1-15-5-4-9-27(14-15)19-7-6-18-20(26-19)28(10-3-2-8-24-18)21(29)25-17-11-16(22)12-23-13-17/h6-7,11-13,15,24H,2-5,8-10,14H2,1H3,(H,25,29). The van der Waals surface area contributed by atoms with E-state index >= 15 is 0 Å². The van der Waals surface area contributed by atoms with Crippen LogP contribution in [0.5, 0.6) is 0 Å². The topological polar surface area (TPSA) is 73.4 Å². The number of urea groups is 1. The molecule has 4 heterocycles. The van der Waals surface area contributed by atoms with Gasteiger partial charge in [0.05, 0.1) is 23.8 Å². The molecule has 2 aliphatic rings. The number of piperidine rings is 1. The van der Waals surface area contributed by atoms with Gasteiger partial charge in [-0.1, -0.05) is 6.92 Å². The van der Waals surface area contributed by atoms with Gasteiger partial charge in [0.25, 0.3) is 0 Å². The minimum Gasteiger partial charge on any atom is -0.382 e. The zero-order valence-electron chi connectivity index (χ0n) is 16.7. The average Bonchev–Trinajstić information content (AvgIpc) is 2.68. The number of nitrogens with one attached hydrogen (secondary N) is 2. The fourth-order valence-electron chi connectivity index (χ4n) is 3.95. The summed E-state index contributed by atoms with van der Waals surface area (Å²) in [5.41, 5.74) is 1.17. The summed E-state index contributed by atoms with van der Waals surface area (Å²) in [5.74, 6) is 1.65. The van der Waals surface area contributed by atoms with E-state index in [9.17, 15) is 9.18 Å². The highest BCUT2D eigenvalue weighted by Crippen LogP contribution is 2.31. The van der Waals surface area contributed by atoms with Crippen LogP contribution in [0.15, 0.2) is 30.6 Å². The third-order valence-electron chi connectivity index (χ3n) is 5.42. The molecule has 8 heteroatoms. The maximum absolute atomic E-state index is 13.5. The first-order valence-corrected chi connectivity index (χ1v) is 10.3. The maximum atomic E-state index is 13.5. The van der Waals surface area contributed by atoms with Crippen LogP contribution in [0.3, 0.4) is 0 Å². The van der Waals surface area contributed by atoms with Crippen molar-refractivity contribution in [3.63, 3.8) is 0 Å². The van der Waals surface area contributed by atoms with Crippen molar-refractivity contribution in [3.8, 4) is 0 Å². The molecule has 2 aliphatic heterocycles. The Morgan fingerprint density at radius 2 is 2.14 bits per heavy atom. The molecule has 2 aromatic rings. The summed E-state index contributed by atoms with van der Waals surface area (Å²) in [4.78, 5) is 25.6. The quantitative estimate of drug-likeness (QED) is 0.797. The van der Waals surface area contributed by atoms with Gasteiger partial charge in [0.2, 0.25) is 0 Å².